The highest BCUT2D eigenvalue weighted by atomic mass is 16.6. The summed E-state index contributed by atoms with van der Waals surface area (Å²) < 4.78 is 0. The normalized spacial score (nSPS) is 41.2. The van der Waals surface area contributed by atoms with E-state index >= 15 is 0 Å². The summed E-state index contributed by atoms with van der Waals surface area (Å²) in [6.45, 7) is 5.78. The molecule has 4 aliphatic carbocycles. The summed E-state index contributed by atoms with van der Waals surface area (Å²) in [4.78, 5) is 10.4. The van der Waals surface area contributed by atoms with Crippen molar-refractivity contribution >= 4 is 5.69 Å². The molecule has 0 aromatic heterocycles. The molecule has 1 N–H and O–H groups in total. The third-order valence-electron chi connectivity index (χ3n) is 6.44. The Labute approximate surface area is 137 Å². The molecule has 0 saturated heterocycles. The maximum absolute atomic E-state index is 10.8. The Morgan fingerprint density at radius 3 is 2.22 bits per heavy atom. The Hall–Kier alpha value is -1.42. The number of rotatable bonds is 4. The molecular weight excluding hydrogens is 288 g/mol. The number of hydrogen-bond donors (Lipinski definition) is 1. The summed E-state index contributed by atoms with van der Waals surface area (Å²) >= 11 is 0. The van der Waals surface area contributed by atoms with Crippen molar-refractivity contribution in [1.82, 2.24) is 5.32 Å². The molecule has 4 aliphatic rings. The predicted molar refractivity (Wildman–Crippen MR) is 90.1 cm³/mol. The lowest BCUT2D eigenvalue weighted by Gasteiger charge is -2.65. The molecule has 4 bridgehead atoms. The standard InChI is InChI=1S/C19H26N2O2/c1-17-7-15-8-18(2,11-17)13-19(9-15,12-17)20-10-14-3-5-16(6-4-14)21(22)23/h3-6,15,20H,7-13H2,1-2H3/t15?,17-,18+,19?. The maximum atomic E-state index is 10.8. The molecule has 0 amide bonds. The lowest BCUT2D eigenvalue weighted by Crippen LogP contribution is -2.63. The first-order chi connectivity index (χ1) is 10.8. The zero-order valence-electron chi connectivity index (χ0n) is 14.1. The van der Waals surface area contributed by atoms with Crippen LogP contribution in [0.5, 0.6) is 0 Å². The van der Waals surface area contributed by atoms with Crippen molar-refractivity contribution < 1.29 is 4.92 Å². The molecule has 4 atom stereocenters. The van der Waals surface area contributed by atoms with Gasteiger partial charge in [0.1, 0.15) is 0 Å². The van der Waals surface area contributed by atoms with E-state index < -0.39 is 0 Å². The molecule has 0 radical (unpaired) electrons. The third-order valence-corrected chi connectivity index (χ3v) is 6.44. The smallest absolute Gasteiger partial charge is 0.269 e. The van der Waals surface area contributed by atoms with Crippen molar-refractivity contribution in [2.45, 2.75) is 64.5 Å². The molecule has 2 unspecified atom stereocenters. The number of hydrogen-bond acceptors (Lipinski definition) is 3. The van der Waals surface area contributed by atoms with Crippen LogP contribution in [-0.2, 0) is 6.54 Å². The van der Waals surface area contributed by atoms with E-state index in [0.717, 1.165) is 18.0 Å². The van der Waals surface area contributed by atoms with Crippen LogP contribution in [0.3, 0.4) is 0 Å². The van der Waals surface area contributed by atoms with Crippen molar-refractivity contribution in [3.63, 3.8) is 0 Å². The minimum Gasteiger partial charge on any atom is -0.307 e. The average Bonchev–Trinajstić information content (AvgIpc) is 2.42. The van der Waals surface area contributed by atoms with Crippen molar-refractivity contribution in [3.8, 4) is 0 Å². The highest BCUT2D eigenvalue weighted by Crippen LogP contribution is 2.66. The number of benzene rings is 1. The van der Waals surface area contributed by atoms with Crippen LogP contribution in [0.4, 0.5) is 5.69 Å². The van der Waals surface area contributed by atoms with Gasteiger partial charge >= 0.3 is 0 Å². The zero-order chi connectivity index (χ0) is 16.3. The van der Waals surface area contributed by atoms with Crippen LogP contribution < -0.4 is 5.32 Å². The van der Waals surface area contributed by atoms with Crippen molar-refractivity contribution in [3.05, 3.63) is 39.9 Å². The lowest BCUT2D eigenvalue weighted by molar-refractivity contribution is -0.384. The molecule has 5 rings (SSSR count). The van der Waals surface area contributed by atoms with Crippen molar-refractivity contribution in [1.29, 1.82) is 0 Å². The quantitative estimate of drug-likeness (QED) is 0.660. The molecule has 0 aliphatic heterocycles. The number of nitrogens with zero attached hydrogens (tertiary/aromatic N) is 1. The lowest BCUT2D eigenvalue weighted by atomic mass is 9.43. The highest BCUT2D eigenvalue weighted by molar-refractivity contribution is 5.33. The monoisotopic (exact) mass is 314 g/mol. The minimum absolute atomic E-state index is 0.170. The predicted octanol–water partition coefficient (Wildman–Crippen LogP) is 4.43. The fourth-order valence-electron chi connectivity index (χ4n) is 6.67. The van der Waals surface area contributed by atoms with E-state index in [-0.39, 0.29) is 16.1 Å². The minimum atomic E-state index is -0.335. The molecule has 4 heteroatoms. The largest absolute Gasteiger partial charge is 0.307 e. The summed E-state index contributed by atoms with van der Waals surface area (Å²) in [7, 11) is 0. The highest BCUT2D eigenvalue weighted by Gasteiger charge is 2.59. The van der Waals surface area contributed by atoms with Gasteiger partial charge < -0.3 is 5.32 Å². The van der Waals surface area contributed by atoms with Crippen molar-refractivity contribution in [2.24, 2.45) is 16.7 Å². The van der Waals surface area contributed by atoms with Crippen LogP contribution in [0.2, 0.25) is 0 Å². The van der Waals surface area contributed by atoms with E-state index in [4.69, 9.17) is 0 Å². The van der Waals surface area contributed by atoms with E-state index in [9.17, 15) is 10.1 Å². The van der Waals surface area contributed by atoms with Gasteiger partial charge in [0.15, 0.2) is 0 Å². The first-order valence-electron chi connectivity index (χ1n) is 8.77. The van der Waals surface area contributed by atoms with E-state index in [1.165, 1.54) is 38.5 Å². The van der Waals surface area contributed by atoms with Gasteiger partial charge in [-0.1, -0.05) is 26.0 Å². The second-order valence-corrected chi connectivity index (χ2v) is 9.19. The van der Waals surface area contributed by atoms with E-state index in [2.05, 4.69) is 19.2 Å². The van der Waals surface area contributed by atoms with Gasteiger partial charge in [0.25, 0.3) is 5.69 Å². The first kappa shape index (κ1) is 15.1. The molecule has 4 saturated carbocycles. The summed E-state index contributed by atoms with van der Waals surface area (Å²) in [5.74, 6) is 0.880. The van der Waals surface area contributed by atoms with Gasteiger partial charge in [-0.25, -0.2) is 0 Å². The second kappa shape index (κ2) is 4.79. The maximum Gasteiger partial charge on any atom is 0.269 e. The third kappa shape index (κ3) is 2.67. The molecule has 23 heavy (non-hydrogen) atoms. The number of nitro groups is 1. The molecule has 4 fully saturated rings. The summed E-state index contributed by atoms with van der Waals surface area (Å²) in [5, 5.41) is 14.6. The van der Waals surface area contributed by atoms with Gasteiger partial charge in [0.05, 0.1) is 4.92 Å². The summed E-state index contributed by atoms with van der Waals surface area (Å²) in [5.41, 5.74) is 2.61. The molecule has 1 aromatic carbocycles. The Morgan fingerprint density at radius 2 is 1.70 bits per heavy atom. The Morgan fingerprint density at radius 1 is 1.09 bits per heavy atom. The number of nitrogens with one attached hydrogen (secondary N) is 1. The zero-order valence-corrected chi connectivity index (χ0v) is 14.1. The van der Waals surface area contributed by atoms with Gasteiger partial charge in [-0.15, -0.1) is 0 Å². The van der Waals surface area contributed by atoms with Crippen molar-refractivity contribution in [2.75, 3.05) is 0 Å². The van der Waals surface area contributed by atoms with Crippen LogP contribution in [-0.4, -0.2) is 10.5 Å². The Bertz CT molecular complexity index is 621. The molecule has 0 spiro atoms. The second-order valence-electron chi connectivity index (χ2n) is 9.19. The van der Waals surface area contributed by atoms with Gasteiger partial charge in [-0.2, -0.15) is 0 Å². The Balaban J connectivity index is 1.49. The van der Waals surface area contributed by atoms with Crippen LogP contribution >= 0.6 is 0 Å². The van der Waals surface area contributed by atoms with Crippen LogP contribution in [0.1, 0.15) is 57.9 Å². The fraction of sp³-hybridized carbons (Fsp3) is 0.684. The van der Waals surface area contributed by atoms with E-state index in [1.54, 1.807) is 12.1 Å². The number of non-ortho nitro benzene ring substituents is 1. The van der Waals surface area contributed by atoms with Crippen LogP contribution in [0.25, 0.3) is 0 Å². The summed E-state index contributed by atoms with van der Waals surface area (Å²) in [6.07, 6.45) is 8.09. The SMILES string of the molecule is C[C@]12CC3CC(NCc4ccc([N+](=O)[O-])cc4)(C1)C[C@@](C)(C3)C2. The average molecular weight is 314 g/mol. The van der Waals surface area contributed by atoms with Gasteiger partial charge in [0.2, 0.25) is 0 Å². The Kier molecular flexibility index (Phi) is 3.15. The molecule has 4 nitrogen and oxygen atoms in total. The fourth-order valence-corrected chi connectivity index (χ4v) is 6.67. The molecular formula is C19H26N2O2. The topological polar surface area (TPSA) is 55.2 Å². The number of nitro benzene ring substituents is 1. The van der Waals surface area contributed by atoms with Crippen LogP contribution in [0, 0.1) is 26.9 Å². The van der Waals surface area contributed by atoms with Crippen LogP contribution in [0.15, 0.2) is 24.3 Å². The molecule has 124 valence electrons. The van der Waals surface area contributed by atoms with Gasteiger partial charge in [-0.05, 0) is 60.8 Å². The van der Waals surface area contributed by atoms with E-state index in [1.807, 2.05) is 12.1 Å². The van der Waals surface area contributed by atoms with E-state index in [0.29, 0.717) is 10.8 Å². The molecule has 1 aromatic rings. The van der Waals surface area contributed by atoms with Gasteiger partial charge in [0, 0.05) is 24.2 Å². The molecule has 0 heterocycles. The first-order valence-corrected chi connectivity index (χ1v) is 8.77. The van der Waals surface area contributed by atoms with Gasteiger partial charge in [-0.3, -0.25) is 10.1 Å². The summed E-state index contributed by atoms with van der Waals surface area (Å²) in [6, 6.07) is 6.99.